The van der Waals surface area contributed by atoms with E-state index in [1.165, 1.54) is 17.4 Å². The standard InChI is InChI=1S/C8H10N2OS/c1-3-7(11)10-6(2)8-9-4-5-12-8/h3-6H,1H2,2H3,(H,10,11)/t6-/m0/s1. The van der Waals surface area contributed by atoms with Crippen molar-refractivity contribution in [2.75, 3.05) is 0 Å². The third kappa shape index (κ3) is 2.17. The summed E-state index contributed by atoms with van der Waals surface area (Å²) in [5, 5.41) is 5.51. The average molecular weight is 182 g/mol. The molecule has 0 aliphatic carbocycles. The summed E-state index contributed by atoms with van der Waals surface area (Å²) in [7, 11) is 0. The lowest BCUT2D eigenvalue weighted by Gasteiger charge is -2.07. The molecule has 0 saturated carbocycles. The molecule has 1 amide bonds. The van der Waals surface area contributed by atoms with E-state index in [-0.39, 0.29) is 11.9 Å². The SMILES string of the molecule is C=CC(=O)N[C@@H](C)c1nccs1. The minimum Gasteiger partial charge on any atom is -0.344 e. The fraction of sp³-hybridized carbons (Fsp3) is 0.250. The predicted molar refractivity (Wildman–Crippen MR) is 48.9 cm³/mol. The van der Waals surface area contributed by atoms with Gasteiger partial charge in [-0.15, -0.1) is 11.3 Å². The van der Waals surface area contributed by atoms with Crippen molar-refractivity contribution >= 4 is 17.2 Å². The number of rotatable bonds is 3. The van der Waals surface area contributed by atoms with Crippen molar-refractivity contribution in [1.29, 1.82) is 0 Å². The Kier molecular flexibility index (Phi) is 2.99. The minimum atomic E-state index is -0.169. The van der Waals surface area contributed by atoms with E-state index in [1.807, 2.05) is 12.3 Å². The zero-order chi connectivity index (χ0) is 8.97. The van der Waals surface area contributed by atoms with Crippen LogP contribution in [0.1, 0.15) is 18.0 Å². The van der Waals surface area contributed by atoms with Crippen molar-refractivity contribution in [3.8, 4) is 0 Å². The van der Waals surface area contributed by atoms with E-state index in [9.17, 15) is 4.79 Å². The maximum Gasteiger partial charge on any atom is 0.243 e. The number of carbonyl (C=O) groups excluding carboxylic acids is 1. The van der Waals surface area contributed by atoms with Crippen LogP contribution in [0.15, 0.2) is 24.2 Å². The summed E-state index contributed by atoms with van der Waals surface area (Å²) in [5.41, 5.74) is 0. The van der Waals surface area contributed by atoms with Gasteiger partial charge in [0.2, 0.25) is 5.91 Å². The maximum atomic E-state index is 10.9. The van der Waals surface area contributed by atoms with E-state index in [2.05, 4.69) is 16.9 Å². The lowest BCUT2D eigenvalue weighted by atomic mass is 10.3. The summed E-state index contributed by atoms with van der Waals surface area (Å²) >= 11 is 1.52. The molecule has 0 unspecified atom stereocenters. The first-order chi connectivity index (χ1) is 5.74. The fourth-order valence-corrected chi connectivity index (χ4v) is 1.43. The van der Waals surface area contributed by atoms with Gasteiger partial charge in [0, 0.05) is 11.6 Å². The molecule has 1 rings (SSSR count). The molecule has 64 valence electrons. The number of hydrogen-bond acceptors (Lipinski definition) is 3. The van der Waals surface area contributed by atoms with Gasteiger partial charge < -0.3 is 5.32 Å². The van der Waals surface area contributed by atoms with Crippen LogP contribution in [0.4, 0.5) is 0 Å². The molecule has 0 radical (unpaired) electrons. The van der Waals surface area contributed by atoms with Gasteiger partial charge in [0.15, 0.2) is 0 Å². The molecule has 0 spiro atoms. The number of aromatic nitrogens is 1. The number of nitrogens with zero attached hydrogens (tertiary/aromatic N) is 1. The third-order valence-corrected chi connectivity index (χ3v) is 2.32. The Labute approximate surface area is 75.1 Å². The molecule has 1 atom stereocenters. The summed E-state index contributed by atoms with van der Waals surface area (Å²) in [5.74, 6) is -0.169. The Morgan fingerprint density at radius 3 is 3.17 bits per heavy atom. The summed E-state index contributed by atoms with van der Waals surface area (Å²) in [6.07, 6.45) is 2.97. The summed E-state index contributed by atoms with van der Waals surface area (Å²) in [6, 6.07) is -0.0319. The van der Waals surface area contributed by atoms with E-state index in [4.69, 9.17) is 0 Å². The second-order valence-electron chi connectivity index (χ2n) is 2.30. The van der Waals surface area contributed by atoms with Crippen LogP contribution in [0, 0.1) is 0 Å². The number of hydrogen-bond donors (Lipinski definition) is 1. The second kappa shape index (κ2) is 4.01. The Morgan fingerprint density at radius 2 is 2.67 bits per heavy atom. The molecule has 4 heteroatoms. The van der Waals surface area contributed by atoms with E-state index in [0.29, 0.717) is 0 Å². The van der Waals surface area contributed by atoms with E-state index in [1.54, 1.807) is 6.20 Å². The first-order valence-electron chi connectivity index (χ1n) is 3.56. The molecule has 1 aromatic heterocycles. The smallest absolute Gasteiger partial charge is 0.243 e. The predicted octanol–water partition coefficient (Wildman–Crippen LogP) is 1.51. The lowest BCUT2D eigenvalue weighted by Crippen LogP contribution is -2.24. The van der Waals surface area contributed by atoms with Crippen molar-refractivity contribution in [3.63, 3.8) is 0 Å². The van der Waals surface area contributed by atoms with Crippen molar-refractivity contribution in [1.82, 2.24) is 10.3 Å². The molecular formula is C8H10N2OS. The highest BCUT2D eigenvalue weighted by molar-refractivity contribution is 7.09. The molecule has 1 heterocycles. The van der Waals surface area contributed by atoms with Crippen LogP contribution in [0.3, 0.4) is 0 Å². The Balaban J connectivity index is 2.55. The molecule has 0 aliphatic rings. The number of nitrogens with one attached hydrogen (secondary N) is 1. The fourth-order valence-electron chi connectivity index (χ4n) is 0.782. The molecule has 0 saturated heterocycles. The quantitative estimate of drug-likeness (QED) is 0.720. The highest BCUT2D eigenvalue weighted by Gasteiger charge is 2.08. The van der Waals surface area contributed by atoms with Gasteiger partial charge in [-0.2, -0.15) is 0 Å². The third-order valence-electron chi connectivity index (χ3n) is 1.37. The zero-order valence-electron chi connectivity index (χ0n) is 6.78. The maximum absolute atomic E-state index is 10.9. The van der Waals surface area contributed by atoms with Gasteiger partial charge in [-0.25, -0.2) is 4.98 Å². The first kappa shape index (κ1) is 8.93. The topological polar surface area (TPSA) is 42.0 Å². The van der Waals surface area contributed by atoms with Crippen LogP contribution in [0.25, 0.3) is 0 Å². The first-order valence-corrected chi connectivity index (χ1v) is 4.44. The minimum absolute atomic E-state index is 0.0319. The molecule has 0 aliphatic heterocycles. The van der Waals surface area contributed by atoms with E-state index < -0.39 is 0 Å². The molecular weight excluding hydrogens is 172 g/mol. The van der Waals surface area contributed by atoms with Crippen molar-refractivity contribution in [3.05, 3.63) is 29.2 Å². The number of carbonyl (C=O) groups is 1. The van der Waals surface area contributed by atoms with Gasteiger partial charge in [-0.3, -0.25) is 4.79 Å². The summed E-state index contributed by atoms with van der Waals surface area (Å²) in [6.45, 7) is 5.26. The second-order valence-corrected chi connectivity index (χ2v) is 3.23. The lowest BCUT2D eigenvalue weighted by molar-refractivity contribution is -0.117. The normalized spacial score (nSPS) is 12.1. The average Bonchev–Trinajstić information content (AvgIpc) is 2.56. The van der Waals surface area contributed by atoms with Crippen LogP contribution in [-0.2, 0) is 4.79 Å². The van der Waals surface area contributed by atoms with Crippen molar-refractivity contribution in [2.24, 2.45) is 0 Å². The molecule has 0 aromatic carbocycles. The molecule has 1 aromatic rings. The molecule has 12 heavy (non-hydrogen) atoms. The molecule has 0 bridgehead atoms. The van der Waals surface area contributed by atoms with Crippen LogP contribution >= 0.6 is 11.3 Å². The van der Waals surface area contributed by atoms with Gasteiger partial charge >= 0.3 is 0 Å². The monoisotopic (exact) mass is 182 g/mol. The van der Waals surface area contributed by atoms with Crippen LogP contribution in [0.5, 0.6) is 0 Å². The number of amides is 1. The Morgan fingerprint density at radius 1 is 1.92 bits per heavy atom. The highest BCUT2D eigenvalue weighted by Crippen LogP contribution is 2.14. The Bertz CT molecular complexity index is 269. The van der Waals surface area contributed by atoms with Gasteiger partial charge in [0.1, 0.15) is 5.01 Å². The van der Waals surface area contributed by atoms with Gasteiger partial charge in [-0.05, 0) is 13.0 Å². The van der Waals surface area contributed by atoms with Crippen molar-refractivity contribution < 1.29 is 4.79 Å². The summed E-state index contributed by atoms with van der Waals surface area (Å²) in [4.78, 5) is 14.9. The molecule has 1 N–H and O–H groups in total. The van der Waals surface area contributed by atoms with Gasteiger partial charge in [0.25, 0.3) is 0 Å². The van der Waals surface area contributed by atoms with Crippen molar-refractivity contribution in [2.45, 2.75) is 13.0 Å². The highest BCUT2D eigenvalue weighted by atomic mass is 32.1. The Hall–Kier alpha value is -1.16. The van der Waals surface area contributed by atoms with E-state index in [0.717, 1.165) is 5.01 Å². The van der Waals surface area contributed by atoms with Gasteiger partial charge in [-0.1, -0.05) is 6.58 Å². The number of thiazole rings is 1. The molecule has 3 nitrogen and oxygen atoms in total. The van der Waals surface area contributed by atoms with Gasteiger partial charge in [0.05, 0.1) is 6.04 Å². The van der Waals surface area contributed by atoms with E-state index >= 15 is 0 Å². The zero-order valence-corrected chi connectivity index (χ0v) is 7.60. The summed E-state index contributed by atoms with van der Waals surface area (Å²) < 4.78 is 0. The van der Waals surface area contributed by atoms with Crippen LogP contribution < -0.4 is 5.32 Å². The van der Waals surface area contributed by atoms with Crippen LogP contribution in [0.2, 0.25) is 0 Å². The largest absolute Gasteiger partial charge is 0.344 e. The molecule has 0 fully saturated rings. The van der Waals surface area contributed by atoms with Crippen LogP contribution in [-0.4, -0.2) is 10.9 Å².